The molecule has 0 saturated carbocycles. The third-order valence-corrected chi connectivity index (χ3v) is 2.73. The number of likely N-dealkylation sites (tertiary alicyclic amines) is 1. The highest BCUT2D eigenvalue weighted by atomic mass is 15.3. The summed E-state index contributed by atoms with van der Waals surface area (Å²) >= 11 is 0. The van der Waals surface area contributed by atoms with E-state index in [2.05, 4.69) is 29.1 Å². The Hall–Kier alpha value is -0.440. The molecule has 2 aliphatic heterocycles. The third kappa shape index (κ3) is 0.700. The Balaban J connectivity index is 2.16. The highest BCUT2D eigenvalue weighted by Gasteiger charge is 2.39. The van der Waals surface area contributed by atoms with E-state index in [-0.39, 0.29) is 0 Å². The standard InChI is InChI=1S/C7H13N3/c1-5-7-6(3-8-9-7)4-10(5)2/h5-7H,3-4H2,1-2H3. The summed E-state index contributed by atoms with van der Waals surface area (Å²) in [5.74, 6) is 0.722. The molecule has 3 nitrogen and oxygen atoms in total. The van der Waals surface area contributed by atoms with Gasteiger partial charge < -0.3 is 4.90 Å². The molecular formula is C7H13N3. The molecule has 0 amide bonds. The lowest BCUT2D eigenvalue weighted by molar-refractivity contribution is 0.312. The molecule has 0 aromatic rings. The van der Waals surface area contributed by atoms with Crippen LogP contribution in [0.5, 0.6) is 0 Å². The Morgan fingerprint density at radius 3 is 3.00 bits per heavy atom. The van der Waals surface area contributed by atoms with E-state index in [0.717, 1.165) is 12.5 Å². The van der Waals surface area contributed by atoms with Crippen molar-refractivity contribution in [2.45, 2.75) is 19.0 Å². The number of azo groups is 1. The summed E-state index contributed by atoms with van der Waals surface area (Å²) in [6.07, 6.45) is 0. The topological polar surface area (TPSA) is 28.0 Å². The van der Waals surface area contributed by atoms with Crippen LogP contribution in [0.2, 0.25) is 0 Å². The molecule has 3 atom stereocenters. The molecule has 0 aromatic heterocycles. The van der Waals surface area contributed by atoms with Crippen LogP contribution in [-0.4, -0.2) is 37.1 Å². The maximum Gasteiger partial charge on any atom is 0.0918 e. The van der Waals surface area contributed by atoms with E-state index in [4.69, 9.17) is 0 Å². The minimum atomic E-state index is 0.505. The van der Waals surface area contributed by atoms with E-state index in [1.807, 2.05) is 0 Å². The normalized spacial score (nSPS) is 46.4. The van der Waals surface area contributed by atoms with Crippen molar-refractivity contribution in [1.29, 1.82) is 0 Å². The Bertz CT molecular complexity index is 166. The maximum atomic E-state index is 4.21. The van der Waals surface area contributed by atoms with Crippen LogP contribution >= 0.6 is 0 Å². The molecule has 3 heteroatoms. The van der Waals surface area contributed by atoms with E-state index >= 15 is 0 Å². The third-order valence-electron chi connectivity index (χ3n) is 2.73. The zero-order valence-electron chi connectivity index (χ0n) is 6.49. The molecule has 0 bridgehead atoms. The van der Waals surface area contributed by atoms with Gasteiger partial charge in [-0.05, 0) is 14.0 Å². The first kappa shape index (κ1) is 6.28. The number of fused-ring (bicyclic) bond motifs is 1. The largest absolute Gasteiger partial charge is 0.301 e. The SMILES string of the molecule is CC1C2N=NCC2CN1C. The second-order valence-electron chi connectivity index (χ2n) is 3.37. The van der Waals surface area contributed by atoms with Crippen molar-refractivity contribution in [3.63, 3.8) is 0 Å². The van der Waals surface area contributed by atoms with Crippen LogP contribution in [0.25, 0.3) is 0 Å². The van der Waals surface area contributed by atoms with Gasteiger partial charge in [-0.25, -0.2) is 0 Å². The number of likely N-dealkylation sites (N-methyl/N-ethyl adjacent to an activating group) is 1. The van der Waals surface area contributed by atoms with Crippen LogP contribution in [0.1, 0.15) is 6.92 Å². The first-order chi connectivity index (χ1) is 4.79. The van der Waals surface area contributed by atoms with Gasteiger partial charge >= 0.3 is 0 Å². The Morgan fingerprint density at radius 1 is 1.50 bits per heavy atom. The van der Waals surface area contributed by atoms with Gasteiger partial charge in [0.25, 0.3) is 0 Å². The van der Waals surface area contributed by atoms with Gasteiger partial charge in [0.15, 0.2) is 0 Å². The number of hydrogen-bond acceptors (Lipinski definition) is 3. The van der Waals surface area contributed by atoms with Crippen molar-refractivity contribution < 1.29 is 0 Å². The Morgan fingerprint density at radius 2 is 2.30 bits per heavy atom. The number of nitrogens with zero attached hydrogens (tertiary/aromatic N) is 3. The van der Waals surface area contributed by atoms with Gasteiger partial charge in [0, 0.05) is 18.5 Å². The van der Waals surface area contributed by atoms with Crippen LogP contribution in [0, 0.1) is 5.92 Å². The molecule has 0 spiro atoms. The second kappa shape index (κ2) is 2.02. The van der Waals surface area contributed by atoms with Crippen LogP contribution in [-0.2, 0) is 0 Å². The summed E-state index contributed by atoms with van der Waals surface area (Å²) in [7, 11) is 2.17. The fraction of sp³-hybridized carbons (Fsp3) is 1.00. The fourth-order valence-corrected chi connectivity index (χ4v) is 1.90. The predicted octanol–water partition coefficient (Wildman–Crippen LogP) is 0.771. The zero-order chi connectivity index (χ0) is 7.14. The summed E-state index contributed by atoms with van der Waals surface area (Å²) in [6.45, 7) is 4.37. The molecule has 10 heavy (non-hydrogen) atoms. The van der Waals surface area contributed by atoms with E-state index in [1.54, 1.807) is 0 Å². The summed E-state index contributed by atoms with van der Waals surface area (Å²) < 4.78 is 0. The lowest BCUT2D eigenvalue weighted by Crippen LogP contribution is -2.27. The fourth-order valence-electron chi connectivity index (χ4n) is 1.90. The van der Waals surface area contributed by atoms with Gasteiger partial charge in [-0.15, -0.1) is 0 Å². The minimum absolute atomic E-state index is 0.505. The molecule has 3 unspecified atom stereocenters. The van der Waals surface area contributed by atoms with Gasteiger partial charge in [-0.3, -0.25) is 0 Å². The van der Waals surface area contributed by atoms with Gasteiger partial charge in [0.05, 0.1) is 12.6 Å². The van der Waals surface area contributed by atoms with Crippen molar-refractivity contribution in [3.8, 4) is 0 Å². The Kier molecular flexibility index (Phi) is 1.27. The van der Waals surface area contributed by atoms with Crippen LogP contribution < -0.4 is 0 Å². The molecule has 1 saturated heterocycles. The molecule has 2 aliphatic rings. The quantitative estimate of drug-likeness (QED) is 0.487. The average Bonchev–Trinajstić information content (AvgIpc) is 2.41. The van der Waals surface area contributed by atoms with Gasteiger partial charge in [0.2, 0.25) is 0 Å². The average molecular weight is 139 g/mol. The van der Waals surface area contributed by atoms with E-state index < -0.39 is 0 Å². The number of rotatable bonds is 0. The molecule has 2 rings (SSSR count). The smallest absolute Gasteiger partial charge is 0.0918 e. The first-order valence-corrected chi connectivity index (χ1v) is 3.86. The summed E-state index contributed by atoms with van der Waals surface area (Å²) in [5, 5.41) is 8.26. The second-order valence-corrected chi connectivity index (χ2v) is 3.37. The van der Waals surface area contributed by atoms with Crippen molar-refractivity contribution in [2.24, 2.45) is 16.1 Å². The van der Waals surface area contributed by atoms with Crippen LogP contribution in [0.15, 0.2) is 10.2 Å². The minimum Gasteiger partial charge on any atom is -0.301 e. The molecule has 0 aromatic carbocycles. The molecule has 0 aliphatic carbocycles. The Labute approximate surface area is 61.1 Å². The maximum absolute atomic E-state index is 4.21. The van der Waals surface area contributed by atoms with Gasteiger partial charge in [-0.2, -0.15) is 10.2 Å². The monoisotopic (exact) mass is 139 g/mol. The highest BCUT2D eigenvalue weighted by molar-refractivity contribution is 4.97. The molecule has 0 radical (unpaired) electrons. The summed E-state index contributed by atoms with van der Waals surface area (Å²) in [5.41, 5.74) is 0. The molecule has 1 fully saturated rings. The predicted molar refractivity (Wildman–Crippen MR) is 39.1 cm³/mol. The lowest BCUT2D eigenvalue weighted by atomic mass is 10.0. The highest BCUT2D eigenvalue weighted by Crippen LogP contribution is 2.29. The van der Waals surface area contributed by atoms with Gasteiger partial charge in [0.1, 0.15) is 0 Å². The van der Waals surface area contributed by atoms with Crippen molar-refractivity contribution in [1.82, 2.24) is 4.90 Å². The zero-order valence-corrected chi connectivity index (χ0v) is 6.49. The van der Waals surface area contributed by atoms with Crippen LogP contribution in [0.4, 0.5) is 0 Å². The van der Waals surface area contributed by atoms with Crippen LogP contribution in [0.3, 0.4) is 0 Å². The van der Waals surface area contributed by atoms with E-state index in [1.165, 1.54) is 6.54 Å². The van der Waals surface area contributed by atoms with Crippen molar-refractivity contribution in [2.75, 3.05) is 20.1 Å². The molecular weight excluding hydrogens is 126 g/mol. The summed E-state index contributed by atoms with van der Waals surface area (Å²) in [4.78, 5) is 2.37. The van der Waals surface area contributed by atoms with Gasteiger partial charge in [-0.1, -0.05) is 0 Å². The lowest BCUT2D eigenvalue weighted by Gasteiger charge is -2.15. The van der Waals surface area contributed by atoms with E-state index in [9.17, 15) is 0 Å². The van der Waals surface area contributed by atoms with Crippen molar-refractivity contribution in [3.05, 3.63) is 0 Å². The molecule has 0 N–H and O–H groups in total. The summed E-state index contributed by atoms with van der Waals surface area (Å²) in [6, 6.07) is 1.11. The van der Waals surface area contributed by atoms with Crippen molar-refractivity contribution >= 4 is 0 Å². The molecule has 56 valence electrons. The number of hydrogen-bond donors (Lipinski definition) is 0. The van der Waals surface area contributed by atoms with E-state index in [0.29, 0.717) is 12.1 Å². The first-order valence-electron chi connectivity index (χ1n) is 3.86. The molecule has 2 heterocycles.